The highest BCUT2D eigenvalue weighted by Crippen LogP contribution is 2.26. The molecule has 0 aliphatic carbocycles. The Morgan fingerprint density at radius 2 is 1.82 bits per heavy atom. The minimum absolute atomic E-state index is 0.0335. The van der Waals surface area contributed by atoms with Crippen LogP contribution in [0.25, 0.3) is 0 Å². The van der Waals surface area contributed by atoms with Crippen LogP contribution in [-0.2, 0) is 14.3 Å². The number of methoxy groups -OCH3 is 1. The Balaban J connectivity index is 2.52. The molecule has 4 nitrogen and oxygen atoms in total. The molecular weight excluding hydrogens is 218 g/mol. The van der Waals surface area contributed by atoms with Gasteiger partial charge in [0.1, 0.15) is 0 Å². The van der Waals surface area contributed by atoms with E-state index in [0.717, 1.165) is 19.3 Å². The third kappa shape index (κ3) is 3.20. The van der Waals surface area contributed by atoms with Crippen molar-refractivity contribution in [3.63, 3.8) is 0 Å². The summed E-state index contributed by atoms with van der Waals surface area (Å²) in [6.45, 7) is 7.31. The van der Waals surface area contributed by atoms with Gasteiger partial charge in [-0.1, -0.05) is 20.8 Å². The predicted molar refractivity (Wildman–Crippen MR) is 65.4 cm³/mol. The Morgan fingerprint density at radius 3 is 2.24 bits per heavy atom. The number of hydrogen-bond donors (Lipinski definition) is 0. The topological polar surface area (TPSA) is 46.6 Å². The fraction of sp³-hybridized carbons (Fsp3) is 0.846. The maximum Gasteiger partial charge on any atom is 0.308 e. The van der Waals surface area contributed by atoms with Crippen LogP contribution in [0, 0.1) is 11.3 Å². The number of amides is 1. The fourth-order valence-electron chi connectivity index (χ4n) is 2.06. The van der Waals surface area contributed by atoms with E-state index in [0.29, 0.717) is 13.1 Å². The van der Waals surface area contributed by atoms with Crippen LogP contribution in [-0.4, -0.2) is 37.0 Å². The van der Waals surface area contributed by atoms with E-state index in [4.69, 9.17) is 4.74 Å². The fourth-order valence-corrected chi connectivity index (χ4v) is 2.06. The molecule has 0 atom stereocenters. The summed E-state index contributed by atoms with van der Waals surface area (Å²) in [7, 11) is 1.42. The Bertz CT molecular complexity index is 291. The number of carbonyl (C=O) groups excluding carboxylic acids is 2. The van der Waals surface area contributed by atoms with Crippen molar-refractivity contribution in [1.82, 2.24) is 4.90 Å². The first kappa shape index (κ1) is 14.0. The summed E-state index contributed by atoms with van der Waals surface area (Å²) in [6.07, 6.45) is 2.28. The lowest BCUT2D eigenvalue weighted by atomic mass is 9.87. The highest BCUT2D eigenvalue weighted by molar-refractivity contribution is 5.82. The summed E-state index contributed by atoms with van der Waals surface area (Å²) in [5.74, 6) is 0.0176. The third-order valence-electron chi connectivity index (χ3n) is 3.78. The zero-order valence-corrected chi connectivity index (χ0v) is 11.3. The molecule has 1 aliphatic rings. The van der Waals surface area contributed by atoms with Gasteiger partial charge in [0, 0.05) is 18.5 Å². The van der Waals surface area contributed by atoms with Crippen LogP contribution < -0.4 is 0 Å². The largest absolute Gasteiger partial charge is 0.469 e. The molecule has 17 heavy (non-hydrogen) atoms. The molecule has 0 unspecified atom stereocenters. The van der Waals surface area contributed by atoms with E-state index in [1.807, 2.05) is 25.7 Å². The van der Waals surface area contributed by atoms with Crippen molar-refractivity contribution < 1.29 is 14.3 Å². The molecule has 1 aliphatic heterocycles. The summed E-state index contributed by atoms with van der Waals surface area (Å²) in [5.41, 5.74) is -0.294. The maximum absolute atomic E-state index is 12.2. The average Bonchev–Trinajstić information content (AvgIpc) is 2.37. The van der Waals surface area contributed by atoms with Gasteiger partial charge >= 0.3 is 5.97 Å². The molecule has 1 saturated heterocycles. The molecule has 0 N–H and O–H groups in total. The van der Waals surface area contributed by atoms with Gasteiger partial charge in [0.05, 0.1) is 13.0 Å². The minimum atomic E-state index is -0.294. The smallest absolute Gasteiger partial charge is 0.308 e. The lowest BCUT2D eigenvalue weighted by Gasteiger charge is -2.35. The van der Waals surface area contributed by atoms with E-state index in [9.17, 15) is 9.59 Å². The second-order valence-electron chi connectivity index (χ2n) is 5.33. The summed E-state index contributed by atoms with van der Waals surface area (Å²) in [6, 6.07) is 0. The molecular formula is C13H23NO3. The van der Waals surface area contributed by atoms with Gasteiger partial charge in [-0.3, -0.25) is 9.59 Å². The van der Waals surface area contributed by atoms with Gasteiger partial charge in [0.25, 0.3) is 0 Å². The molecule has 0 saturated carbocycles. The number of nitrogens with zero attached hydrogens (tertiary/aromatic N) is 1. The standard InChI is InChI=1S/C13H23NO3/c1-5-13(2,3)12(16)14-8-6-10(7-9-14)11(15)17-4/h10H,5-9H2,1-4H3. The number of rotatable bonds is 3. The molecule has 1 heterocycles. The maximum atomic E-state index is 12.2. The normalized spacial score (nSPS) is 18.0. The minimum Gasteiger partial charge on any atom is -0.469 e. The highest BCUT2D eigenvalue weighted by Gasteiger charge is 2.34. The van der Waals surface area contributed by atoms with Crippen molar-refractivity contribution in [3.05, 3.63) is 0 Å². The molecule has 0 aromatic rings. The van der Waals surface area contributed by atoms with Gasteiger partial charge in [-0.15, -0.1) is 0 Å². The van der Waals surface area contributed by atoms with Crippen LogP contribution in [0.5, 0.6) is 0 Å². The Kier molecular flexibility index (Phi) is 4.54. The van der Waals surface area contributed by atoms with Gasteiger partial charge in [0.2, 0.25) is 5.91 Å². The van der Waals surface area contributed by atoms with Gasteiger partial charge in [-0.2, -0.15) is 0 Å². The summed E-state index contributed by atoms with van der Waals surface area (Å²) < 4.78 is 4.73. The molecule has 0 aromatic carbocycles. The van der Waals surface area contributed by atoms with E-state index in [1.54, 1.807) is 0 Å². The molecule has 1 amide bonds. The van der Waals surface area contributed by atoms with E-state index in [-0.39, 0.29) is 23.2 Å². The number of esters is 1. The SMILES string of the molecule is CCC(C)(C)C(=O)N1CCC(C(=O)OC)CC1. The van der Waals surface area contributed by atoms with Gasteiger partial charge in [0.15, 0.2) is 0 Å². The monoisotopic (exact) mass is 241 g/mol. The summed E-state index contributed by atoms with van der Waals surface area (Å²) >= 11 is 0. The van der Waals surface area contributed by atoms with Crippen molar-refractivity contribution in [3.8, 4) is 0 Å². The number of hydrogen-bond acceptors (Lipinski definition) is 3. The van der Waals surface area contributed by atoms with Gasteiger partial charge in [-0.05, 0) is 19.3 Å². The van der Waals surface area contributed by atoms with Crippen molar-refractivity contribution in [1.29, 1.82) is 0 Å². The van der Waals surface area contributed by atoms with Crippen LogP contribution >= 0.6 is 0 Å². The summed E-state index contributed by atoms with van der Waals surface area (Å²) in [4.78, 5) is 25.5. The second kappa shape index (κ2) is 5.52. The van der Waals surface area contributed by atoms with Crippen molar-refractivity contribution >= 4 is 11.9 Å². The first-order chi connectivity index (χ1) is 7.92. The Hall–Kier alpha value is -1.06. The molecule has 4 heteroatoms. The molecule has 0 aromatic heterocycles. The van der Waals surface area contributed by atoms with Crippen LogP contribution in [0.1, 0.15) is 40.0 Å². The lowest BCUT2D eigenvalue weighted by molar-refractivity contribution is -0.150. The van der Waals surface area contributed by atoms with Crippen LogP contribution in [0.4, 0.5) is 0 Å². The molecule has 1 fully saturated rings. The third-order valence-corrected chi connectivity index (χ3v) is 3.78. The zero-order valence-electron chi connectivity index (χ0n) is 11.3. The zero-order chi connectivity index (χ0) is 13.1. The number of piperidine rings is 1. The second-order valence-corrected chi connectivity index (χ2v) is 5.33. The van der Waals surface area contributed by atoms with E-state index >= 15 is 0 Å². The van der Waals surface area contributed by atoms with Crippen LogP contribution in [0.15, 0.2) is 0 Å². The van der Waals surface area contributed by atoms with Crippen LogP contribution in [0.3, 0.4) is 0 Å². The van der Waals surface area contributed by atoms with Crippen molar-refractivity contribution in [2.75, 3.05) is 20.2 Å². The van der Waals surface area contributed by atoms with E-state index < -0.39 is 0 Å². The molecule has 98 valence electrons. The Morgan fingerprint density at radius 1 is 1.29 bits per heavy atom. The van der Waals surface area contributed by atoms with Crippen LogP contribution in [0.2, 0.25) is 0 Å². The molecule has 0 spiro atoms. The Labute approximate surface area is 103 Å². The van der Waals surface area contributed by atoms with Crippen molar-refractivity contribution in [2.45, 2.75) is 40.0 Å². The molecule has 1 rings (SSSR count). The quantitative estimate of drug-likeness (QED) is 0.708. The summed E-state index contributed by atoms with van der Waals surface area (Å²) in [5, 5.41) is 0. The first-order valence-corrected chi connectivity index (χ1v) is 6.29. The van der Waals surface area contributed by atoms with E-state index in [2.05, 4.69) is 0 Å². The number of ether oxygens (including phenoxy) is 1. The first-order valence-electron chi connectivity index (χ1n) is 6.29. The average molecular weight is 241 g/mol. The molecule has 0 bridgehead atoms. The van der Waals surface area contributed by atoms with Gasteiger partial charge < -0.3 is 9.64 Å². The van der Waals surface area contributed by atoms with Gasteiger partial charge in [-0.25, -0.2) is 0 Å². The lowest BCUT2D eigenvalue weighted by Crippen LogP contribution is -2.46. The number of carbonyl (C=O) groups is 2. The number of likely N-dealkylation sites (tertiary alicyclic amines) is 1. The predicted octanol–water partition coefficient (Wildman–Crippen LogP) is 1.83. The highest BCUT2D eigenvalue weighted by atomic mass is 16.5. The van der Waals surface area contributed by atoms with E-state index in [1.165, 1.54) is 7.11 Å². The molecule has 0 radical (unpaired) electrons. The van der Waals surface area contributed by atoms with Crippen molar-refractivity contribution in [2.24, 2.45) is 11.3 Å².